The van der Waals surface area contributed by atoms with Gasteiger partial charge in [-0.05, 0) is 50.4 Å². The summed E-state index contributed by atoms with van der Waals surface area (Å²) in [7, 11) is -1.93. The molecule has 0 aliphatic heterocycles. The molecule has 1 N–H and O–H groups in total. The van der Waals surface area contributed by atoms with Crippen molar-refractivity contribution in [2.45, 2.75) is 48.8 Å². The van der Waals surface area contributed by atoms with Crippen LogP contribution in [0, 0.1) is 17.6 Å². The van der Waals surface area contributed by atoms with E-state index in [1.165, 1.54) is 0 Å². The van der Waals surface area contributed by atoms with Crippen molar-refractivity contribution < 1.29 is 17.2 Å². The summed E-state index contributed by atoms with van der Waals surface area (Å²) in [6, 6.07) is 2.66. The van der Waals surface area contributed by atoms with Crippen molar-refractivity contribution in [3.63, 3.8) is 0 Å². The van der Waals surface area contributed by atoms with Gasteiger partial charge in [0.05, 0.1) is 10.1 Å². The minimum absolute atomic E-state index is 0.136. The first-order valence-corrected chi connectivity index (χ1v) is 8.81. The van der Waals surface area contributed by atoms with Crippen LogP contribution in [0.5, 0.6) is 0 Å². The Hall–Kier alpha value is -1.01. The molecule has 1 aromatic rings. The van der Waals surface area contributed by atoms with Crippen molar-refractivity contribution in [3.05, 3.63) is 29.8 Å². The normalized spacial score (nSPS) is 26.8. The molecule has 3 unspecified atom stereocenters. The number of rotatable bonds is 4. The molecule has 0 aromatic heterocycles. The number of hydrogen-bond donors (Lipinski definition) is 1. The van der Waals surface area contributed by atoms with E-state index in [0.717, 1.165) is 37.5 Å². The second-order valence-electron chi connectivity index (χ2n) is 5.64. The van der Waals surface area contributed by atoms with Crippen molar-refractivity contribution in [2.24, 2.45) is 5.92 Å². The monoisotopic (exact) mass is 317 g/mol. The van der Waals surface area contributed by atoms with Gasteiger partial charge in [0.15, 0.2) is 21.5 Å². The van der Waals surface area contributed by atoms with Gasteiger partial charge in [-0.1, -0.05) is 13.3 Å². The van der Waals surface area contributed by atoms with Gasteiger partial charge in [0, 0.05) is 6.04 Å². The first kappa shape index (κ1) is 16.4. The molecule has 21 heavy (non-hydrogen) atoms. The van der Waals surface area contributed by atoms with Gasteiger partial charge in [0.2, 0.25) is 0 Å². The summed E-state index contributed by atoms with van der Waals surface area (Å²) in [5, 5.41) is 2.46. The minimum atomic E-state index is -3.67. The lowest BCUT2D eigenvalue weighted by Gasteiger charge is -2.35. The predicted octanol–water partition coefficient (Wildman–Crippen LogP) is 2.91. The van der Waals surface area contributed by atoms with E-state index >= 15 is 0 Å². The lowest BCUT2D eigenvalue weighted by Crippen LogP contribution is -2.46. The maximum Gasteiger partial charge on any atom is 0.182 e. The summed E-state index contributed by atoms with van der Waals surface area (Å²) in [6.45, 7) is 2.05. The number of halogens is 2. The molecular weight excluding hydrogens is 296 g/mol. The van der Waals surface area contributed by atoms with E-state index in [1.54, 1.807) is 7.05 Å². The van der Waals surface area contributed by atoms with Crippen LogP contribution in [-0.4, -0.2) is 26.8 Å². The summed E-state index contributed by atoms with van der Waals surface area (Å²) in [4.78, 5) is -0.136. The Morgan fingerprint density at radius 2 is 1.95 bits per heavy atom. The highest BCUT2D eigenvalue weighted by Crippen LogP contribution is 2.34. The molecule has 0 bridgehead atoms. The molecule has 0 saturated heterocycles. The molecule has 1 fully saturated rings. The Bertz CT molecular complexity index is 604. The van der Waals surface area contributed by atoms with Crippen LogP contribution in [0.4, 0.5) is 8.78 Å². The molecule has 2 rings (SSSR count). The zero-order valence-corrected chi connectivity index (χ0v) is 13.1. The fourth-order valence-electron chi connectivity index (χ4n) is 3.08. The van der Waals surface area contributed by atoms with E-state index < -0.39 is 26.7 Å². The second kappa shape index (κ2) is 6.40. The van der Waals surface area contributed by atoms with Crippen LogP contribution >= 0.6 is 0 Å². The quantitative estimate of drug-likeness (QED) is 0.869. The molecular formula is C15H21F2NO2S. The molecule has 0 radical (unpaired) electrons. The summed E-state index contributed by atoms with van der Waals surface area (Å²) < 4.78 is 51.9. The zero-order valence-electron chi connectivity index (χ0n) is 12.3. The Kier molecular flexibility index (Phi) is 4.99. The molecule has 0 spiro atoms. The van der Waals surface area contributed by atoms with Gasteiger partial charge in [-0.3, -0.25) is 0 Å². The summed E-state index contributed by atoms with van der Waals surface area (Å²) in [6.07, 6.45) is 3.26. The largest absolute Gasteiger partial charge is 0.316 e. The van der Waals surface area contributed by atoms with E-state index in [-0.39, 0.29) is 10.9 Å². The average Bonchev–Trinajstić information content (AvgIpc) is 2.49. The lowest BCUT2D eigenvalue weighted by molar-refractivity contribution is 0.296. The minimum Gasteiger partial charge on any atom is -0.316 e. The Balaban J connectivity index is 2.37. The van der Waals surface area contributed by atoms with Crippen LogP contribution in [0.15, 0.2) is 23.1 Å². The van der Waals surface area contributed by atoms with Crippen LogP contribution in [0.1, 0.15) is 32.6 Å². The maximum atomic E-state index is 13.3. The van der Waals surface area contributed by atoms with Gasteiger partial charge in [-0.25, -0.2) is 17.2 Å². The molecule has 1 aliphatic rings. The van der Waals surface area contributed by atoms with Crippen molar-refractivity contribution in [2.75, 3.05) is 7.05 Å². The van der Waals surface area contributed by atoms with Crippen molar-refractivity contribution >= 4 is 9.84 Å². The van der Waals surface area contributed by atoms with Crippen LogP contribution < -0.4 is 5.32 Å². The fraction of sp³-hybridized carbons (Fsp3) is 0.600. The average molecular weight is 317 g/mol. The third kappa shape index (κ3) is 3.26. The molecule has 1 aromatic carbocycles. The summed E-state index contributed by atoms with van der Waals surface area (Å²) in [5.74, 6) is -1.80. The molecule has 1 saturated carbocycles. The van der Waals surface area contributed by atoms with Crippen LogP contribution in [0.2, 0.25) is 0 Å². The molecule has 0 heterocycles. The molecule has 0 amide bonds. The standard InChI is InChI=1S/C15H21F2NO2S/c1-3-10-4-7-14(18-2)15(8-10)21(19,20)11-5-6-12(16)13(17)9-11/h5-6,9-10,14-15,18H,3-4,7-8H2,1-2H3. The first-order chi connectivity index (χ1) is 9.90. The third-order valence-corrected chi connectivity index (χ3v) is 6.70. The topological polar surface area (TPSA) is 46.2 Å². The number of nitrogens with one attached hydrogen (secondary N) is 1. The second-order valence-corrected chi connectivity index (χ2v) is 7.81. The predicted molar refractivity (Wildman–Crippen MR) is 77.8 cm³/mol. The fourth-order valence-corrected chi connectivity index (χ4v) is 5.19. The number of hydrogen-bond acceptors (Lipinski definition) is 3. The van der Waals surface area contributed by atoms with Crippen molar-refractivity contribution in [1.29, 1.82) is 0 Å². The Morgan fingerprint density at radius 1 is 1.24 bits per heavy atom. The van der Waals surface area contributed by atoms with Crippen LogP contribution in [0.3, 0.4) is 0 Å². The van der Waals surface area contributed by atoms with Gasteiger partial charge >= 0.3 is 0 Å². The van der Waals surface area contributed by atoms with Crippen LogP contribution in [0.25, 0.3) is 0 Å². The molecule has 3 atom stereocenters. The molecule has 118 valence electrons. The molecule has 1 aliphatic carbocycles. The highest BCUT2D eigenvalue weighted by atomic mass is 32.2. The summed E-state index contributed by atoms with van der Waals surface area (Å²) >= 11 is 0. The highest BCUT2D eigenvalue weighted by molar-refractivity contribution is 7.92. The zero-order chi connectivity index (χ0) is 15.6. The number of benzene rings is 1. The van der Waals surface area contributed by atoms with E-state index in [2.05, 4.69) is 5.32 Å². The van der Waals surface area contributed by atoms with E-state index in [4.69, 9.17) is 0 Å². The number of sulfone groups is 1. The van der Waals surface area contributed by atoms with Crippen molar-refractivity contribution in [3.8, 4) is 0 Å². The molecule has 6 heteroatoms. The van der Waals surface area contributed by atoms with Gasteiger partial charge in [-0.2, -0.15) is 0 Å². The smallest absolute Gasteiger partial charge is 0.182 e. The first-order valence-electron chi connectivity index (χ1n) is 7.26. The highest BCUT2D eigenvalue weighted by Gasteiger charge is 2.38. The molecule has 3 nitrogen and oxygen atoms in total. The van der Waals surface area contributed by atoms with E-state index in [9.17, 15) is 17.2 Å². The Labute approximate surface area is 124 Å². The van der Waals surface area contributed by atoms with E-state index in [1.807, 2.05) is 6.92 Å². The third-order valence-electron chi connectivity index (χ3n) is 4.47. The van der Waals surface area contributed by atoms with Gasteiger partial charge in [0.25, 0.3) is 0 Å². The maximum absolute atomic E-state index is 13.3. The van der Waals surface area contributed by atoms with Gasteiger partial charge in [-0.15, -0.1) is 0 Å². The van der Waals surface area contributed by atoms with E-state index in [0.29, 0.717) is 12.3 Å². The van der Waals surface area contributed by atoms with Gasteiger partial charge in [0.1, 0.15) is 0 Å². The Morgan fingerprint density at radius 3 is 2.52 bits per heavy atom. The summed E-state index contributed by atoms with van der Waals surface area (Å²) in [5.41, 5.74) is 0. The van der Waals surface area contributed by atoms with Crippen LogP contribution in [-0.2, 0) is 9.84 Å². The SMILES string of the molecule is CCC1CCC(NC)C(S(=O)(=O)c2ccc(F)c(F)c2)C1. The lowest BCUT2D eigenvalue weighted by atomic mass is 9.84. The van der Waals surface area contributed by atoms with Crippen molar-refractivity contribution in [1.82, 2.24) is 5.32 Å². The van der Waals surface area contributed by atoms with Gasteiger partial charge < -0.3 is 5.32 Å².